The van der Waals surface area contributed by atoms with Crippen molar-refractivity contribution in [3.05, 3.63) is 35.9 Å². The Bertz CT molecular complexity index is 363. The second-order valence-electron chi connectivity index (χ2n) is 4.80. The molecule has 1 aromatic carbocycles. The van der Waals surface area contributed by atoms with Crippen LogP contribution < -0.4 is 5.32 Å². The summed E-state index contributed by atoms with van der Waals surface area (Å²) in [5.41, 5.74) is 1.19. The van der Waals surface area contributed by atoms with E-state index >= 15 is 0 Å². The monoisotopic (exact) mass is 263 g/mol. The molecule has 4 heteroatoms. The predicted molar refractivity (Wildman–Crippen MR) is 72.7 cm³/mol. The molecule has 1 fully saturated rings. The first-order chi connectivity index (χ1) is 9.38. The molecular weight excluding hydrogens is 242 g/mol. The number of ether oxygens (including phenoxy) is 2. The van der Waals surface area contributed by atoms with Gasteiger partial charge in [-0.05, 0) is 31.2 Å². The number of hydrogen-bond donors (Lipinski definition) is 1. The Morgan fingerprint density at radius 1 is 1.37 bits per heavy atom. The van der Waals surface area contributed by atoms with Crippen LogP contribution in [0.3, 0.4) is 0 Å². The van der Waals surface area contributed by atoms with E-state index in [1.165, 1.54) is 5.56 Å². The van der Waals surface area contributed by atoms with E-state index in [0.29, 0.717) is 6.61 Å². The highest BCUT2D eigenvalue weighted by Crippen LogP contribution is 2.14. The average Bonchev–Trinajstić information content (AvgIpc) is 2.47. The van der Waals surface area contributed by atoms with Gasteiger partial charge in [0.15, 0.2) is 6.29 Å². The van der Waals surface area contributed by atoms with Crippen LogP contribution >= 0.6 is 0 Å². The molecule has 1 saturated heterocycles. The Labute approximate surface area is 114 Å². The van der Waals surface area contributed by atoms with Gasteiger partial charge in [0.25, 0.3) is 0 Å². The zero-order chi connectivity index (χ0) is 13.3. The van der Waals surface area contributed by atoms with Crippen molar-refractivity contribution < 1.29 is 14.3 Å². The van der Waals surface area contributed by atoms with Gasteiger partial charge in [-0.25, -0.2) is 0 Å². The molecule has 1 aromatic rings. The molecule has 1 unspecified atom stereocenters. The normalized spacial score (nSPS) is 20.7. The Kier molecular flexibility index (Phi) is 5.85. The third-order valence-electron chi connectivity index (χ3n) is 3.25. The molecule has 2 rings (SSSR count). The van der Waals surface area contributed by atoms with E-state index < -0.39 is 0 Å². The third kappa shape index (κ3) is 5.01. The summed E-state index contributed by atoms with van der Waals surface area (Å²) in [6.07, 6.45) is 4.60. The third-order valence-corrected chi connectivity index (χ3v) is 3.25. The number of carbonyl (C=O) groups is 1. The van der Waals surface area contributed by atoms with E-state index in [2.05, 4.69) is 17.4 Å². The Morgan fingerprint density at radius 2 is 2.21 bits per heavy atom. The average molecular weight is 263 g/mol. The zero-order valence-electron chi connectivity index (χ0n) is 11.1. The topological polar surface area (TPSA) is 47.6 Å². The van der Waals surface area contributed by atoms with Gasteiger partial charge in [0.05, 0.1) is 12.6 Å². The van der Waals surface area contributed by atoms with Crippen molar-refractivity contribution >= 4 is 6.41 Å². The molecule has 104 valence electrons. The lowest BCUT2D eigenvalue weighted by Crippen LogP contribution is -2.37. The van der Waals surface area contributed by atoms with Gasteiger partial charge in [-0.1, -0.05) is 30.3 Å². The lowest BCUT2D eigenvalue weighted by atomic mass is 10.1. The second kappa shape index (κ2) is 7.92. The van der Waals surface area contributed by atoms with Crippen molar-refractivity contribution in [3.63, 3.8) is 0 Å². The minimum Gasteiger partial charge on any atom is -0.353 e. The molecule has 0 spiro atoms. The van der Waals surface area contributed by atoms with Crippen LogP contribution in [-0.4, -0.2) is 32.0 Å². The summed E-state index contributed by atoms with van der Waals surface area (Å²) in [6.45, 7) is 1.26. The van der Waals surface area contributed by atoms with Crippen molar-refractivity contribution in [2.45, 2.75) is 38.0 Å². The molecule has 4 nitrogen and oxygen atoms in total. The largest absolute Gasteiger partial charge is 0.353 e. The molecule has 1 N–H and O–H groups in total. The molecule has 0 bridgehead atoms. The van der Waals surface area contributed by atoms with E-state index in [1.807, 2.05) is 18.2 Å². The molecule has 2 atom stereocenters. The number of amides is 1. The number of carbonyl (C=O) groups excluding carboxylic acids is 1. The van der Waals surface area contributed by atoms with Gasteiger partial charge in [-0.2, -0.15) is 0 Å². The smallest absolute Gasteiger partial charge is 0.207 e. The van der Waals surface area contributed by atoms with Gasteiger partial charge in [-0.3, -0.25) is 4.79 Å². The summed E-state index contributed by atoms with van der Waals surface area (Å²) in [5.74, 6) is 0. The van der Waals surface area contributed by atoms with Crippen LogP contribution in [0.4, 0.5) is 0 Å². The Balaban J connectivity index is 1.80. The van der Waals surface area contributed by atoms with E-state index in [9.17, 15) is 4.79 Å². The van der Waals surface area contributed by atoms with Gasteiger partial charge >= 0.3 is 0 Å². The standard InChI is InChI=1S/C15H21NO3/c17-12-16-14(10-13-6-2-1-3-7-13)11-19-15-8-4-5-9-18-15/h1-3,6-7,12,14-15H,4-5,8-11H2,(H,16,17)/t14-,15?/m0/s1. The molecule has 0 aliphatic carbocycles. The van der Waals surface area contributed by atoms with Crippen molar-refractivity contribution in [1.29, 1.82) is 0 Å². The second-order valence-corrected chi connectivity index (χ2v) is 4.80. The molecular formula is C15H21NO3. The molecule has 1 heterocycles. The van der Waals surface area contributed by atoms with E-state index in [0.717, 1.165) is 38.7 Å². The van der Waals surface area contributed by atoms with Gasteiger partial charge in [-0.15, -0.1) is 0 Å². The van der Waals surface area contributed by atoms with Crippen LogP contribution in [0.5, 0.6) is 0 Å². The summed E-state index contributed by atoms with van der Waals surface area (Å²) >= 11 is 0. The van der Waals surface area contributed by atoms with E-state index in [1.54, 1.807) is 0 Å². The van der Waals surface area contributed by atoms with Gasteiger partial charge in [0.1, 0.15) is 0 Å². The highest BCUT2D eigenvalue weighted by molar-refractivity contribution is 5.46. The molecule has 0 saturated carbocycles. The number of nitrogens with one attached hydrogen (secondary N) is 1. The van der Waals surface area contributed by atoms with Crippen molar-refractivity contribution in [3.8, 4) is 0 Å². The quantitative estimate of drug-likeness (QED) is 0.764. The van der Waals surface area contributed by atoms with Crippen LogP contribution in [0, 0.1) is 0 Å². The summed E-state index contributed by atoms with van der Waals surface area (Å²) in [5, 5.41) is 2.81. The fraction of sp³-hybridized carbons (Fsp3) is 0.533. The molecule has 1 aliphatic heterocycles. The van der Waals surface area contributed by atoms with Crippen molar-refractivity contribution in [1.82, 2.24) is 5.32 Å². The Hall–Kier alpha value is -1.39. The highest BCUT2D eigenvalue weighted by Gasteiger charge is 2.17. The first kappa shape index (κ1) is 14.0. The molecule has 0 radical (unpaired) electrons. The van der Waals surface area contributed by atoms with E-state index in [-0.39, 0.29) is 12.3 Å². The SMILES string of the molecule is O=CN[C@H](COC1CCCCO1)Cc1ccccc1. The first-order valence-corrected chi connectivity index (χ1v) is 6.85. The fourth-order valence-electron chi connectivity index (χ4n) is 2.23. The minimum atomic E-state index is -0.111. The summed E-state index contributed by atoms with van der Waals surface area (Å²) in [7, 11) is 0. The van der Waals surface area contributed by atoms with Crippen molar-refractivity contribution in [2.24, 2.45) is 0 Å². The fourth-order valence-corrected chi connectivity index (χ4v) is 2.23. The maximum atomic E-state index is 10.7. The minimum absolute atomic E-state index is 0.00886. The maximum Gasteiger partial charge on any atom is 0.207 e. The molecule has 0 aromatic heterocycles. The summed E-state index contributed by atoms with van der Waals surface area (Å²) in [4.78, 5) is 10.7. The molecule has 1 amide bonds. The number of rotatable bonds is 7. The van der Waals surface area contributed by atoms with E-state index in [4.69, 9.17) is 9.47 Å². The van der Waals surface area contributed by atoms with Crippen LogP contribution in [0.1, 0.15) is 24.8 Å². The van der Waals surface area contributed by atoms with Gasteiger partial charge in [0.2, 0.25) is 6.41 Å². The Morgan fingerprint density at radius 3 is 2.89 bits per heavy atom. The predicted octanol–water partition coefficient (Wildman–Crippen LogP) is 1.89. The van der Waals surface area contributed by atoms with Gasteiger partial charge < -0.3 is 14.8 Å². The highest BCUT2D eigenvalue weighted by atomic mass is 16.7. The van der Waals surface area contributed by atoms with Crippen LogP contribution in [0.15, 0.2) is 30.3 Å². The first-order valence-electron chi connectivity index (χ1n) is 6.85. The van der Waals surface area contributed by atoms with Crippen LogP contribution in [0.25, 0.3) is 0 Å². The lowest BCUT2D eigenvalue weighted by molar-refractivity contribution is -0.166. The summed E-state index contributed by atoms with van der Waals surface area (Å²) in [6, 6.07) is 10.1. The zero-order valence-corrected chi connectivity index (χ0v) is 11.1. The van der Waals surface area contributed by atoms with Gasteiger partial charge in [0, 0.05) is 6.61 Å². The lowest BCUT2D eigenvalue weighted by Gasteiger charge is -2.25. The number of benzene rings is 1. The maximum absolute atomic E-state index is 10.7. The van der Waals surface area contributed by atoms with Crippen LogP contribution in [-0.2, 0) is 20.7 Å². The van der Waals surface area contributed by atoms with Crippen molar-refractivity contribution in [2.75, 3.05) is 13.2 Å². The van der Waals surface area contributed by atoms with Crippen LogP contribution in [0.2, 0.25) is 0 Å². The molecule has 19 heavy (non-hydrogen) atoms. The number of hydrogen-bond acceptors (Lipinski definition) is 3. The summed E-state index contributed by atoms with van der Waals surface area (Å²) < 4.78 is 11.2. The molecule has 1 aliphatic rings.